The second-order valence-electron chi connectivity index (χ2n) is 5.51. The molecule has 0 fully saturated rings. The highest BCUT2D eigenvalue weighted by Gasteiger charge is 2.12. The summed E-state index contributed by atoms with van der Waals surface area (Å²) in [5.74, 6) is -1.21. The van der Waals surface area contributed by atoms with E-state index < -0.39 is 18.5 Å². The molecule has 0 aliphatic rings. The molecule has 0 saturated carbocycles. The molecule has 5 nitrogen and oxygen atoms in total. The van der Waals surface area contributed by atoms with Gasteiger partial charge in [0.15, 0.2) is 12.4 Å². The van der Waals surface area contributed by atoms with Gasteiger partial charge in [-0.2, -0.15) is 0 Å². The maximum absolute atomic E-state index is 12.0. The van der Waals surface area contributed by atoms with Gasteiger partial charge in [0.25, 0.3) is 5.91 Å². The fourth-order valence-electron chi connectivity index (χ4n) is 2.08. The highest BCUT2D eigenvalue weighted by molar-refractivity contribution is 6.30. The first-order chi connectivity index (χ1) is 11.9. The number of anilines is 1. The van der Waals surface area contributed by atoms with E-state index in [1.165, 1.54) is 0 Å². The highest BCUT2D eigenvalue weighted by atomic mass is 35.5. The van der Waals surface area contributed by atoms with E-state index >= 15 is 0 Å². The molecular weight excluding hydrogens is 342 g/mol. The van der Waals surface area contributed by atoms with Gasteiger partial charge in [0.1, 0.15) is 0 Å². The molecular formula is C19H18ClNO4. The van der Waals surface area contributed by atoms with E-state index in [4.69, 9.17) is 16.3 Å². The molecule has 0 saturated heterocycles. The first-order valence-electron chi connectivity index (χ1n) is 7.75. The summed E-state index contributed by atoms with van der Waals surface area (Å²) >= 11 is 5.82. The third-order valence-electron chi connectivity index (χ3n) is 3.40. The Hall–Kier alpha value is -2.66. The van der Waals surface area contributed by atoms with Crippen molar-refractivity contribution in [2.24, 2.45) is 0 Å². The smallest absolute Gasteiger partial charge is 0.306 e. The van der Waals surface area contributed by atoms with Crippen molar-refractivity contribution in [3.63, 3.8) is 0 Å². The Morgan fingerprint density at radius 1 is 1.04 bits per heavy atom. The van der Waals surface area contributed by atoms with E-state index in [2.05, 4.69) is 5.32 Å². The number of carbonyl (C=O) groups excluding carboxylic acids is 3. The van der Waals surface area contributed by atoms with Crippen LogP contribution in [0.5, 0.6) is 0 Å². The van der Waals surface area contributed by atoms with E-state index in [1.807, 2.05) is 19.1 Å². The normalized spacial score (nSPS) is 10.2. The molecule has 0 aliphatic heterocycles. The summed E-state index contributed by atoms with van der Waals surface area (Å²) in [5, 5.41) is 3.06. The number of amides is 1. The molecule has 0 radical (unpaired) electrons. The molecule has 6 heteroatoms. The summed E-state index contributed by atoms with van der Waals surface area (Å²) in [6.45, 7) is 1.52. The van der Waals surface area contributed by atoms with Gasteiger partial charge < -0.3 is 10.1 Å². The fraction of sp³-hybridized carbons (Fsp3) is 0.211. The lowest BCUT2D eigenvalue weighted by atomic mass is 10.1. The summed E-state index contributed by atoms with van der Waals surface area (Å²) in [7, 11) is 0. The second-order valence-corrected chi connectivity index (χ2v) is 5.94. The minimum atomic E-state index is -0.596. The zero-order chi connectivity index (χ0) is 18.2. The number of benzene rings is 2. The number of aryl methyl sites for hydroxylation is 1. The third-order valence-corrected chi connectivity index (χ3v) is 3.64. The van der Waals surface area contributed by atoms with Crippen molar-refractivity contribution in [2.45, 2.75) is 19.8 Å². The van der Waals surface area contributed by atoms with Gasteiger partial charge in [-0.1, -0.05) is 47.5 Å². The predicted octanol–water partition coefficient (Wildman–Crippen LogP) is 3.79. The molecule has 0 spiro atoms. The quantitative estimate of drug-likeness (QED) is 0.603. The van der Waals surface area contributed by atoms with Crippen LogP contribution < -0.4 is 5.32 Å². The molecule has 25 heavy (non-hydrogen) atoms. The first-order valence-corrected chi connectivity index (χ1v) is 8.13. The molecule has 130 valence electrons. The molecule has 1 amide bonds. The third kappa shape index (κ3) is 6.39. The summed E-state index contributed by atoms with van der Waals surface area (Å²) < 4.78 is 4.88. The Bertz CT molecular complexity index is 771. The van der Waals surface area contributed by atoms with Gasteiger partial charge in [-0.15, -0.1) is 0 Å². The summed E-state index contributed by atoms with van der Waals surface area (Å²) in [6, 6.07) is 13.8. The standard InChI is InChI=1S/C19H18ClNO4/c1-13-5-7-14(8-6-13)17(22)9-10-19(24)25-12-18(23)21-16-4-2-3-15(20)11-16/h2-8,11H,9-10,12H2,1H3,(H,21,23). The Morgan fingerprint density at radius 3 is 2.44 bits per heavy atom. The van der Waals surface area contributed by atoms with Gasteiger partial charge in [-0.3, -0.25) is 14.4 Å². The number of nitrogens with one attached hydrogen (secondary N) is 1. The number of Topliss-reactive ketones (excluding diaryl/α,β-unsaturated/α-hetero) is 1. The van der Waals surface area contributed by atoms with E-state index in [-0.39, 0.29) is 18.6 Å². The molecule has 2 aromatic carbocycles. The van der Waals surface area contributed by atoms with Crippen molar-refractivity contribution in [1.82, 2.24) is 0 Å². The number of halogens is 1. The number of rotatable bonds is 7. The predicted molar refractivity (Wildman–Crippen MR) is 95.8 cm³/mol. The molecule has 1 N–H and O–H groups in total. The number of ether oxygens (including phenoxy) is 1. The minimum absolute atomic E-state index is 0.0395. The largest absolute Gasteiger partial charge is 0.456 e. The average Bonchev–Trinajstić information content (AvgIpc) is 2.58. The number of esters is 1. The maximum atomic E-state index is 12.0. The lowest BCUT2D eigenvalue weighted by Gasteiger charge is -2.07. The van der Waals surface area contributed by atoms with Crippen molar-refractivity contribution < 1.29 is 19.1 Å². The number of hydrogen-bond donors (Lipinski definition) is 1. The van der Waals surface area contributed by atoms with Gasteiger partial charge in [-0.05, 0) is 25.1 Å². The van der Waals surface area contributed by atoms with E-state index in [0.29, 0.717) is 16.3 Å². The SMILES string of the molecule is Cc1ccc(C(=O)CCC(=O)OCC(=O)Nc2cccc(Cl)c2)cc1. The topological polar surface area (TPSA) is 72.5 Å². The van der Waals surface area contributed by atoms with E-state index in [1.54, 1.807) is 36.4 Å². The van der Waals surface area contributed by atoms with Crippen molar-refractivity contribution in [3.05, 3.63) is 64.7 Å². The van der Waals surface area contributed by atoms with Crippen LogP contribution in [0.2, 0.25) is 5.02 Å². The molecule has 2 rings (SSSR count). The molecule has 0 bridgehead atoms. The van der Waals surface area contributed by atoms with Crippen LogP contribution in [0.25, 0.3) is 0 Å². The van der Waals surface area contributed by atoms with Gasteiger partial charge in [0.05, 0.1) is 6.42 Å². The van der Waals surface area contributed by atoms with Gasteiger partial charge >= 0.3 is 5.97 Å². The molecule has 0 atom stereocenters. The van der Waals surface area contributed by atoms with Gasteiger partial charge in [-0.25, -0.2) is 0 Å². The number of carbonyl (C=O) groups is 3. The number of ketones is 1. The first kappa shape index (κ1) is 18.7. The van der Waals surface area contributed by atoms with Crippen LogP contribution in [0.3, 0.4) is 0 Å². The van der Waals surface area contributed by atoms with Gasteiger partial charge in [0, 0.05) is 22.7 Å². The van der Waals surface area contributed by atoms with Crippen molar-refractivity contribution >= 4 is 34.9 Å². The fourth-order valence-corrected chi connectivity index (χ4v) is 2.27. The number of hydrogen-bond acceptors (Lipinski definition) is 4. The van der Waals surface area contributed by atoms with E-state index in [0.717, 1.165) is 5.56 Å². The monoisotopic (exact) mass is 359 g/mol. The highest BCUT2D eigenvalue weighted by Crippen LogP contribution is 2.14. The van der Waals surface area contributed by atoms with Crippen molar-refractivity contribution in [3.8, 4) is 0 Å². The van der Waals surface area contributed by atoms with Crippen LogP contribution in [0.4, 0.5) is 5.69 Å². The minimum Gasteiger partial charge on any atom is -0.456 e. The lowest BCUT2D eigenvalue weighted by Crippen LogP contribution is -2.21. The van der Waals surface area contributed by atoms with E-state index in [9.17, 15) is 14.4 Å². The molecule has 0 unspecified atom stereocenters. The Morgan fingerprint density at radius 2 is 1.76 bits per heavy atom. The Labute approximate surface area is 150 Å². The van der Waals surface area contributed by atoms with Crippen molar-refractivity contribution in [1.29, 1.82) is 0 Å². The molecule has 0 aromatic heterocycles. The lowest BCUT2D eigenvalue weighted by molar-refractivity contribution is -0.147. The average molecular weight is 360 g/mol. The summed E-state index contributed by atoms with van der Waals surface area (Å²) in [4.78, 5) is 35.4. The Kier molecular flexibility index (Phi) is 6.71. The molecule has 0 heterocycles. The zero-order valence-electron chi connectivity index (χ0n) is 13.8. The van der Waals surface area contributed by atoms with Crippen LogP contribution >= 0.6 is 11.6 Å². The van der Waals surface area contributed by atoms with Crippen LogP contribution in [-0.2, 0) is 14.3 Å². The van der Waals surface area contributed by atoms with Gasteiger partial charge in [0.2, 0.25) is 0 Å². The molecule has 0 aliphatic carbocycles. The van der Waals surface area contributed by atoms with Crippen LogP contribution in [-0.4, -0.2) is 24.3 Å². The maximum Gasteiger partial charge on any atom is 0.306 e. The second kappa shape index (κ2) is 8.99. The van der Waals surface area contributed by atoms with Crippen molar-refractivity contribution in [2.75, 3.05) is 11.9 Å². The molecule has 2 aromatic rings. The Balaban J connectivity index is 1.72. The summed E-state index contributed by atoms with van der Waals surface area (Å²) in [6.07, 6.45) is -0.0328. The van der Waals surface area contributed by atoms with Crippen LogP contribution in [0.1, 0.15) is 28.8 Å². The summed E-state index contributed by atoms with van der Waals surface area (Å²) in [5.41, 5.74) is 2.13. The van der Waals surface area contributed by atoms with Crippen LogP contribution in [0, 0.1) is 6.92 Å². The zero-order valence-corrected chi connectivity index (χ0v) is 14.5. The van der Waals surface area contributed by atoms with Crippen LogP contribution in [0.15, 0.2) is 48.5 Å².